The van der Waals surface area contributed by atoms with Crippen LogP contribution in [0.15, 0.2) is 6.07 Å². The SMILES string of the molecule is C[C@H](N)Cc1cc([N+](=O)[O-])[nH]n1. The molecule has 1 atom stereocenters. The van der Waals surface area contributed by atoms with E-state index in [1.54, 1.807) is 0 Å². The van der Waals surface area contributed by atoms with Gasteiger partial charge in [-0.3, -0.25) is 0 Å². The first-order chi connectivity index (χ1) is 5.59. The molecule has 0 aliphatic rings. The Bertz CT molecular complexity index is 281. The first-order valence-corrected chi connectivity index (χ1v) is 3.54. The highest BCUT2D eigenvalue weighted by Gasteiger charge is 2.10. The van der Waals surface area contributed by atoms with Gasteiger partial charge in [-0.15, -0.1) is 5.10 Å². The fourth-order valence-electron chi connectivity index (χ4n) is 0.879. The number of hydrogen-bond acceptors (Lipinski definition) is 4. The van der Waals surface area contributed by atoms with Crippen molar-refractivity contribution in [3.05, 3.63) is 21.9 Å². The molecule has 0 fully saturated rings. The molecule has 0 unspecified atom stereocenters. The second-order valence-corrected chi connectivity index (χ2v) is 2.68. The topological polar surface area (TPSA) is 97.8 Å². The Morgan fingerprint density at radius 3 is 3.00 bits per heavy atom. The number of nitrogens with zero attached hydrogens (tertiary/aromatic N) is 2. The van der Waals surface area contributed by atoms with Crippen molar-refractivity contribution in [2.75, 3.05) is 0 Å². The fraction of sp³-hybridized carbons (Fsp3) is 0.500. The third kappa shape index (κ3) is 2.03. The van der Waals surface area contributed by atoms with Crippen LogP contribution in [0, 0.1) is 10.1 Å². The second-order valence-electron chi connectivity index (χ2n) is 2.68. The van der Waals surface area contributed by atoms with E-state index >= 15 is 0 Å². The van der Waals surface area contributed by atoms with Crippen molar-refractivity contribution in [1.29, 1.82) is 0 Å². The molecular weight excluding hydrogens is 160 g/mol. The molecule has 0 amide bonds. The van der Waals surface area contributed by atoms with Crippen LogP contribution < -0.4 is 5.73 Å². The van der Waals surface area contributed by atoms with Crippen molar-refractivity contribution in [2.45, 2.75) is 19.4 Å². The normalized spacial score (nSPS) is 12.8. The van der Waals surface area contributed by atoms with Gasteiger partial charge < -0.3 is 15.8 Å². The summed E-state index contributed by atoms with van der Waals surface area (Å²) in [6.45, 7) is 1.82. The molecule has 0 saturated heterocycles. The number of nitrogens with one attached hydrogen (secondary N) is 1. The lowest BCUT2D eigenvalue weighted by Crippen LogP contribution is -2.17. The summed E-state index contributed by atoms with van der Waals surface area (Å²) in [7, 11) is 0. The Morgan fingerprint density at radius 1 is 1.92 bits per heavy atom. The molecule has 0 saturated carbocycles. The zero-order valence-electron chi connectivity index (χ0n) is 6.65. The zero-order valence-corrected chi connectivity index (χ0v) is 6.65. The molecular formula is C6H10N4O2. The van der Waals surface area contributed by atoms with Gasteiger partial charge in [0, 0.05) is 12.5 Å². The van der Waals surface area contributed by atoms with E-state index in [9.17, 15) is 10.1 Å². The number of nitro groups is 1. The summed E-state index contributed by atoms with van der Waals surface area (Å²) in [4.78, 5) is 9.69. The van der Waals surface area contributed by atoms with Crippen LogP contribution in [-0.2, 0) is 6.42 Å². The van der Waals surface area contributed by atoms with E-state index in [2.05, 4.69) is 10.2 Å². The standard InChI is InChI=1S/C6H10N4O2/c1-4(7)2-5-3-6(9-8-5)10(11)12/h3-4H,2,7H2,1H3,(H,8,9)/t4-/m0/s1. The Kier molecular flexibility index (Phi) is 2.39. The van der Waals surface area contributed by atoms with Crippen molar-refractivity contribution < 1.29 is 4.92 Å². The van der Waals surface area contributed by atoms with Crippen molar-refractivity contribution in [2.24, 2.45) is 5.73 Å². The lowest BCUT2D eigenvalue weighted by Gasteiger charge is -1.97. The Labute approximate surface area is 68.9 Å². The molecule has 6 nitrogen and oxygen atoms in total. The summed E-state index contributed by atoms with van der Waals surface area (Å²) in [5.74, 6) is -0.0920. The van der Waals surface area contributed by atoms with Gasteiger partial charge in [0.05, 0.1) is 11.8 Å². The number of aromatic amines is 1. The molecule has 3 N–H and O–H groups in total. The molecule has 0 aliphatic heterocycles. The maximum absolute atomic E-state index is 10.2. The van der Waals surface area contributed by atoms with Crippen LogP contribution in [0.4, 0.5) is 5.82 Å². The molecule has 0 aliphatic carbocycles. The predicted octanol–water partition coefficient (Wildman–Crippen LogP) is 0.208. The van der Waals surface area contributed by atoms with Crippen LogP contribution >= 0.6 is 0 Å². The van der Waals surface area contributed by atoms with Crippen LogP contribution in [0.1, 0.15) is 12.6 Å². The van der Waals surface area contributed by atoms with E-state index in [-0.39, 0.29) is 11.9 Å². The van der Waals surface area contributed by atoms with Gasteiger partial charge in [0.2, 0.25) is 0 Å². The van der Waals surface area contributed by atoms with Gasteiger partial charge in [0.15, 0.2) is 0 Å². The molecule has 0 spiro atoms. The third-order valence-corrected chi connectivity index (χ3v) is 1.35. The van der Waals surface area contributed by atoms with Gasteiger partial charge in [-0.05, 0) is 11.8 Å². The van der Waals surface area contributed by atoms with Gasteiger partial charge >= 0.3 is 5.82 Å². The van der Waals surface area contributed by atoms with Gasteiger partial charge in [0.1, 0.15) is 0 Å². The van der Waals surface area contributed by atoms with E-state index in [1.165, 1.54) is 6.07 Å². The van der Waals surface area contributed by atoms with Crippen LogP contribution in [0.2, 0.25) is 0 Å². The lowest BCUT2D eigenvalue weighted by molar-refractivity contribution is -0.389. The van der Waals surface area contributed by atoms with E-state index in [1.807, 2.05) is 6.92 Å². The highest BCUT2D eigenvalue weighted by atomic mass is 16.6. The van der Waals surface area contributed by atoms with Crippen LogP contribution in [-0.4, -0.2) is 21.2 Å². The minimum atomic E-state index is -0.516. The maximum Gasteiger partial charge on any atom is 0.342 e. The summed E-state index contributed by atoms with van der Waals surface area (Å²) in [6.07, 6.45) is 0.546. The maximum atomic E-state index is 10.2. The summed E-state index contributed by atoms with van der Waals surface area (Å²) in [6, 6.07) is 1.36. The summed E-state index contributed by atoms with van der Waals surface area (Å²) >= 11 is 0. The number of hydrogen-bond donors (Lipinski definition) is 2. The molecule has 66 valence electrons. The van der Waals surface area contributed by atoms with Crippen LogP contribution in [0.5, 0.6) is 0 Å². The Hall–Kier alpha value is -1.43. The lowest BCUT2D eigenvalue weighted by atomic mass is 10.2. The minimum Gasteiger partial charge on any atom is -0.358 e. The quantitative estimate of drug-likeness (QED) is 0.500. The van der Waals surface area contributed by atoms with E-state index in [0.29, 0.717) is 12.1 Å². The zero-order chi connectivity index (χ0) is 9.14. The van der Waals surface area contributed by atoms with E-state index in [4.69, 9.17) is 5.73 Å². The number of nitrogens with two attached hydrogens (primary N) is 1. The largest absolute Gasteiger partial charge is 0.358 e. The summed E-state index contributed by atoms with van der Waals surface area (Å²) < 4.78 is 0. The monoisotopic (exact) mass is 170 g/mol. The molecule has 0 aromatic carbocycles. The van der Waals surface area contributed by atoms with E-state index < -0.39 is 4.92 Å². The molecule has 1 aromatic heterocycles. The van der Waals surface area contributed by atoms with Gasteiger partial charge in [0.25, 0.3) is 0 Å². The fourth-order valence-corrected chi connectivity index (χ4v) is 0.879. The van der Waals surface area contributed by atoms with Crippen molar-refractivity contribution in [1.82, 2.24) is 10.2 Å². The number of aromatic nitrogens is 2. The first kappa shape index (κ1) is 8.66. The Balaban J connectivity index is 2.71. The molecule has 6 heteroatoms. The number of rotatable bonds is 3. The van der Waals surface area contributed by atoms with Crippen molar-refractivity contribution in [3.8, 4) is 0 Å². The third-order valence-electron chi connectivity index (χ3n) is 1.35. The molecule has 0 radical (unpaired) electrons. The molecule has 12 heavy (non-hydrogen) atoms. The first-order valence-electron chi connectivity index (χ1n) is 3.54. The average molecular weight is 170 g/mol. The second kappa shape index (κ2) is 3.31. The highest BCUT2D eigenvalue weighted by Crippen LogP contribution is 2.08. The Morgan fingerprint density at radius 2 is 2.58 bits per heavy atom. The van der Waals surface area contributed by atoms with E-state index in [0.717, 1.165) is 0 Å². The molecule has 0 bridgehead atoms. The highest BCUT2D eigenvalue weighted by molar-refractivity contribution is 5.20. The summed E-state index contributed by atoms with van der Waals surface area (Å²) in [5, 5.41) is 16.2. The minimum absolute atomic E-state index is 0.0343. The predicted molar refractivity (Wildman–Crippen MR) is 42.6 cm³/mol. The molecule has 1 rings (SSSR count). The smallest absolute Gasteiger partial charge is 0.342 e. The van der Waals surface area contributed by atoms with Crippen LogP contribution in [0.25, 0.3) is 0 Å². The summed E-state index contributed by atoms with van der Waals surface area (Å²) in [5.41, 5.74) is 6.11. The molecule has 1 heterocycles. The number of H-pyrrole nitrogens is 1. The van der Waals surface area contributed by atoms with Gasteiger partial charge in [-0.1, -0.05) is 5.10 Å². The van der Waals surface area contributed by atoms with Gasteiger partial charge in [-0.2, -0.15) is 0 Å². The van der Waals surface area contributed by atoms with Crippen LogP contribution in [0.3, 0.4) is 0 Å². The van der Waals surface area contributed by atoms with Crippen molar-refractivity contribution in [3.63, 3.8) is 0 Å². The van der Waals surface area contributed by atoms with Gasteiger partial charge in [-0.25, -0.2) is 0 Å². The molecule has 1 aromatic rings. The average Bonchev–Trinajstić information content (AvgIpc) is 2.34. The van der Waals surface area contributed by atoms with Crippen molar-refractivity contribution >= 4 is 5.82 Å².